The van der Waals surface area contributed by atoms with Gasteiger partial charge in [0.2, 0.25) is 0 Å². The summed E-state index contributed by atoms with van der Waals surface area (Å²) in [5.74, 6) is 0.991. The maximum Gasteiger partial charge on any atom is 0.165 e. The molecule has 3 N–H and O–H groups in total. The van der Waals surface area contributed by atoms with E-state index in [1.807, 2.05) is 36.7 Å². The number of fused-ring (bicyclic) bond motifs is 3. The monoisotopic (exact) mass is 440 g/mol. The van der Waals surface area contributed by atoms with Gasteiger partial charge in [-0.05, 0) is 31.7 Å². The Labute approximate surface area is 193 Å². The summed E-state index contributed by atoms with van der Waals surface area (Å²) in [5, 5.41) is 8.31. The van der Waals surface area contributed by atoms with Crippen molar-refractivity contribution in [3.05, 3.63) is 66.1 Å². The molecule has 7 nitrogen and oxygen atoms in total. The predicted octanol–water partition coefficient (Wildman–Crippen LogP) is 4.18. The molecule has 0 unspecified atom stereocenters. The van der Waals surface area contributed by atoms with Crippen molar-refractivity contribution in [1.82, 2.24) is 24.9 Å². The molecule has 6 rings (SSSR count). The smallest absolute Gasteiger partial charge is 0.165 e. The Morgan fingerprint density at radius 3 is 2.52 bits per heavy atom. The highest BCUT2D eigenvalue weighted by Gasteiger charge is 2.36. The molecule has 1 aromatic carbocycles. The maximum absolute atomic E-state index is 6.64. The van der Waals surface area contributed by atoms with Crippen LogP contribution in [-0.2, 0) is 11.3 Å². The molecular formula is C26H28N6O. The first kappa shape index (κ1) is 20.3. The lowest BCUT2D eigenvalue weighted by Gasteiger charge is -2.30. The van der Waals surface area contributed by atoms with Gasteiger partial charge in [-0.15, -0.1) is 0 Å². The van der Waals surface area contributed by atoms with Crippen LogP contribution in [0.15, 0.2) is 54.9 Å². The van der Waals surface area contributed by atoms with E-state index in [4.69, 9.17) is 20.4 Å². The second-order valence-corrected chi connectivity index (χ2v) is 9.19. The summed E-state index contributed by atoms with van der Waals surface area (Å²) in [5.41, 5.74) is 13.4. The minimum absolute atomic E-state index is 0.377. The summed E-state index contributed by atoms with van der Waals surface area (Å²) in [4.78, 5) is 9.87. The summed E-state index contributed by atoms with van der Waals surface area (Å²) in [7, 11) is 1.70. The standard InChI is InChI=1S/C26H28N6O/c1-33-15-22-24(18-11-19-8-9-20(12-18)30-19)31-26-21(14-29-32(26)25(22)27)17-7-10-23(28-13-17)16-5-3-2-4-6-16/h2-7,10,13-14,18-20,30H,8-9,11-12,15,27H2,1H3/t18-,19-,20+. The third kappa shape index (κ3) is 3.57. The molecular weight excluding hydrogens is 412 g/mol. The highest BCUT2D eigenvalue weighted by atomic mass is 16.5. The van der Waals surface area contributed by atoms with E-state index >= 15 is 0 Å². The Morgan fingerprint density at radius 1 is 1.03 bits per heavy atom. The number of nitrogens with zero attached hydrogens (tertiary/aromatic N) is 4. The number of methoxy groups -OCH3 is 1. The van der Waals surface area contributed by atoms with Crippen molar-refractivity contribution >= 4 is 11.5 Å². The van der Waals surface area contributed by atoms with E-state index in [1.165, 1.54) is 12.8 Å². The van der Waals surface area contributed by atoms with Crippen LogP contribution in [0.25, 0.3) is 28.0 Å². The minimum atomic E-state index is 0.377. The van der Waals surface area contributed by atoms with Crippen LogP contribution in [-0.4, -0.2) is 38.8 Å². The molecule has 0 radical (unpaired) electrons. The molecule has 0 spiro atoms. The lowest BCUT2D eigenvalue weighted by Crippen LogP contribution is -2.37. The number of anilines is 1. The number of benzene rings is 1. The number of nitrogens with two attached hydrogens (primary N) is 1. The van der Waals surface area contributed by atoms with Gasteiger partial charge >= 0.3 is 0 Å². The van der Waals surface area contributed by atoms with Gasteiger partial charge in [-0.2, -0.15) is 9.61 Å². The van der Waals surface area contributed by atoms with Crippen molar-refractivity contribution in [3.63, 3.8) is 0 Å². The second kappa shape index (κ2) is 8.24. The van der Waals surface area contributed by atoms with Crippen LogP contribution in [0.4, 0.5) is 5.82 Å². The molecule has 2 fully saturated rings. The Morgan fingerprint density at radius 2 is 1.82 bits per heavy atom. The zero-order valence-corrected chi connectivity index (χ0v) is 18.7. The van der Waals surface area contributed by atoms with Crippen LogP contribution >= 0.6 is 0 Å². The predicted molar refractivity (Wildman–Crippen MR) is 129 cm³/mol. The highest BCUT2D eigenvalue weighted by molar-refractivity contribution is 5.79. The first-order valence-corrected chi connectivity index (χ1v) is 11.6. The van der Waals surface area contributed by atoms with Crippen molar-refractivity contribution in [1.29, 1.82) is 0 Å². The van der Waals surface area contributed by atoms with Gasteiger partial charge in [-0.1, -0.05) is 36.4 Å². The van der Waals surface area contributed by atoms with E-state index in [0.717, 1.165) is 52.1 Å². The Kier molecular flexibility index (Phi) is 5.08. The highest BCUT2D eigenvalue weighted by Crippen LogP contribution is 2.40. The average Bonchev–Trinajstić information content (AvgIpc) is 3.44. The summed E-state index contributed by atoms with van der Waals surface area (Å²) in [6.45, 7) is 0.436. The minimum Gasteiger partial charge on any atom is -0.383 e. The summed E-state index contributed by atoms with van der Waals surface area (Å²) < 4.78 is 7.26. The van der Waals surface area contributed by atoms with Gasteiger partial charge in [-0.25, -0.2) is 4.98 Å². The van der Waals surface area contributed by atoms with Crippen molar-refractivity contribution in [2.24, 2.45) is 0 Å². The van der Waals surface area contributed by atoms with E-state index in [-0.39, 0.29) is 0 Å². The normalized spacial score (nSPS) is 22.2. The Balaban J connectivity index is 1.43. The quantitative estimate of drug-likeness (QED) is 0.484. The van der Waals surface area contributed by atoms with Crippen LogP contribution < -0.4 is 11.1 Å². The van der Waals surface area contributed by atoms with E-state index in [0.29, 0.717) is 30.4 Å². The maximum atomic E-state index is 6.64. The van der Waals surface area contributed by atoms with Gasteiger partial charge in [0.15, 0.2) is 5.65 Å². The van der Waals surface area contributed by atoms with Gasteiger partial charge in [0, 0.05) is 53.6 Å². The molecule has 33 heavy (non-hydrogen) atoms. The van der Waals surface area contributed by atoms with Crippen LogP contribution in [0.1, 0.15) is 42.9 Å². The van der Waals surface area contributed by atoms with Crippen LogP contribution in [0.3, 0.4) is 0 Å². The lowest BCUT2D eigenvalue weighted by molar-refractivity contribution is 0.182. The molecule has 0 saturated carbocycles. The number of ether oxygens (including phenoxy) is 1. The molecule has 2 saturated heterocycles. The Bertz CT molecular complexity index is 1270. The summed E-state index contributed by atoms with van der Waals surface area (Å²) in [6, 6.07) is 15.5. The van der Waals surface area contributed by atoms with Gasteiger partial charge in [0.1, 0.15) is 5.82 Å². The molecule has 3 aromatic heterocycles. The molecule has 4 aromatic rings. The molecule has 2 bridgehead atoms. The molecule has 168 valence electrons. The summed E-state index contributed by atoms with van der Waals surface area (Å²) in [6.07, 6.45) is 8.40. The number of rotatable bonds is 5. The topological polar surface area (TPSA) is 90.4 Å². The third-order valence-electron chi connectivity index (χ3n) is 7.11. The number of pyridine rings is 1. The SMILES string of the molecule is COCc1c([C@@H]2C[C@H]3CC[C@@H](C2)N3)nc2c(-c3ccc(-c4ccccc4)nc3)cnn2c1N. The molecule has 7 heteroatoms. The van der Waals surface area contributed by atoms with E-state index in [2.05, 4.69) is 28.6 Å². The largest absolute Gasteiger partial charge is 0.383 e. The fourth-order valence-corrected chi connectivity index (χ4v) is 5.51. The Hall–Kier alpha value is -3.29. The van der Waals surface area contributed by atoms with Crippen molar-refractivity contribution in [3.8, 4) is 22.4 Å². The van der Waals surface area contributed by atoms with E-state index < -0.39 is 0 Å². The lowest BCUT2D eigenvalue weighted by atomic mass is 9.87. The number of piperidine rings is 1. The number of aromatic nitrogens is 4. The first-order chi connectivity index (χ1) is 16.2. The fraction of sp³-hybridized carbons (Fsp3) is 0.346. The second-order valence-electron chi connectivity index (χ2n) is 9.19. The fourth-order valence-electron chi connectivity index (χ4n) is 5.51. The van der Waals surface area contributed by atoms with Crippen LogP contribution in [0.2, 0.25) is 0 Å². The van der Waals surface area contributed by atoms with Crippen LogP contribution in [0, 0.1) is 0 Å². The third-order valence-corrected chi connectivity index (χ3v) is 7.11. The van der Waals surface area contributed by atoms with Crippen molar-refractivity contribution in [2.75, 3.05) is 12.8 Å². The average molecular weight is 441 g/mol. The number of hydrogen-bond acceptors (Lipinski definition) is 6. The first-order valence-electron chi connectivity index (χ1n) is 11.6. The van der Waals surface area contributed by atoms with Gasteiger partial charge in [0.05, 0.1) is 24.2 Å². The molecule has 2 aliphatic heterocycles. The van der Waals surface area contributed by atoms with Crippen molar-refractivity contribution < 1.29 is 4.74 Å². The van der Waals surface area contributed by atoms with E-state index in [1.54, 1.807) is 11.6 Å². The molecule has 5 heterocycles. The van der Waals surface area contributed by atoms with Gasteiger partial charge in [-0.3, -0.25) is 4.98 Å². The molecule has 2 aliphatic rings. The van der Waals surface area contributed by atoms with E-state index in [9.17, 15) is 0 Å². The number of hydrogen-bond donors (Lipinski definition) is 2. The number of nitrogen functional groups attached to an aromatic ring is 1. The van der Waals surface area contributed by atoms with Gasteiger partial charge in [0.25, 0.3) is 0 Å². The van der Waals surface area contributed by atoms with Gasteiger partial charge < -0.3 is 15.8 Å². The van der Waals surface area contributed by atoms with Crippen LogP contribution in [0.5, 0.6) is 0 Å². The molecule has 0 amide bonds. The molecule has 3 atom stereocenters. The summed E-state index contributed by atoms with van der Waals surface area (Å²) >= 11 is 0. The zero-order chi connectivity index (χ0) is 22.4. The zero-order valence-electron chi connectivity index (χ0n) is 18.7. The van der Waals surface area contributed by atoms with Crippen molar-refractivity contribution in [2.45, 2.75) is 50.3 Å². The number of nitrogens with one attached hydrogen (secondary N) is 1. The molecule has 0 aliphatic carbocycles.